The summed E-state index contributed by atoms with van der Waals surface area (Å²) in [6, 6.07) is 0. The fourth-order valence-electron chi connectivity index (χ4n) is 0.888. The molecule has 0 saturated carbocycles. The molecule has 0 aliphatic rings. The molecule has 0 spiro atoms. The van der Waals surface area contributed by atoms with Crippen molar-refractivity contribution in [2.45, 2.75) is 24.6 Å². The summed E-state index contributed by atoms with van der Waals surface area (Å²) < 4.78 is 0.969. The number of carboxylic acids is 1. The number of nitrogens with zero attached hydrogens (tertiary/aromatic N) is 1. The molecule has 0 aliphatic carbocycles. The van der Waals surface area contributed by atoms with Crippen molar-refractivity contribution in [2.24, 2.45) is 0 Å². The fourth-order valence-corrected chi connectivity index (χ4v) is 3.01. The van der Waals surface area contributed by atoms with E-state index in [0.717, 1.165) is 20.7 Å². The van der Waals surface area contributed by atoms with Crippen molar-refractivity contribution in [2.75, 3.05) is 5.75 Å². The molecule has 72 valence electrons. The second kappa shape index (κ2) is 4.62. The number of hydrogen-bond donors (Lipinski definition) is 1. The highest BCUT2D eigenvalue weighted by Crippen LogP contribution is 2.27. The van der Waals surface area contributed by atoms with Gasteiger partial charge >= 0.3 is 5.97 Å². The van der Waals surface area contributed by atoms with Crippen LogP contribution in [-0.4, -0.2) is 21.8 Å². The van der Waals surface area contributed by atoms with Crippen LogP contribution in [0.15, 0.2) is 4.34 Å². The molecule has 0 fully saturated rings. The lowest BCUT2D eigenvalue weighted by atomic mass is 10.3. The Balaban J connectivity index is 2.77. The number of carboxylic acid groups (broad SMARTS) is 1. The number of aliphatic carboxylic acids is 1. The molecule has 1 rings (SSSR count). The van der Waals surface area contributed by atoms with Crippen LogP contribution in [0.25, 0.3) is 0 Å². The normalized spacial score (nSPS) is 10.3. The van der Waals surface area contributed by atoms with E-state index in [1.54, 1.807) is 11.8 Å². The highest BCUT2D eigenvalue weighted by molar-refractivity contribution is 8.01. The van der Waals surface area contributed by atoms with Crippen molar-refractivity contribution in [3.8, 4) is 0 Å². The zero-order valence-electron chi connectivity index (χ0n) is 7.53. The number of rotatable bonds is 4. The van der Waals surface area contributed by atoms with Crippen LogP contribution in [0.3, 0.4) is 0 Å². The third kappa shape index (κ3) is 3.00. The van der Waals surface area contributed by atoms with Gasteiger partial charge in [0.1, 0.15) is 4.34 Å². The summed E-state index contributed by atoms with van der Waals surface area (Å²) in [6.07, 6.45) is 0.0910. The number of aromatic nitrogens is 1. The van der Waals surface area contributed by atoms with Gasteiger partial charge in [-0.15, -0.1) is 11.3 Å². The Bertz CT molecular complexity index is 309. The number of aryl methyl sites for hydroxylation is 1. The van der Waals surface area contributed by atoms with Crippen LogP contribution >= 0.6 is 23.1 Å². The standard InChI is InChI=1S/C8H11NO2S2/c1-3-12-8-9-5(2)6(13-8)4-7(10)11/h3-4H2,1-2H3,(H,10,11). The molecular weight excluding hydrogens is 206 g/mol. The minimum Gasteiger partial charge on any atom is -0.481 e. The first-order valence-corrected chi connectivity index (χ1v) is 5.74. The van der Waals surface area contributed by atoms with E-state index < -0.39 is 5.97 Å². The topological polar surface area (TPSA) is 50.2 Å². The molecule has 0 bridgehead atoms. The predicted molar refractivity (Wildman–Crippen MR) is 54.6 cm³/mol. The van der Waals surface area contributed by atoms with E-state index in [1.807, 2.05) is 6.92 Å². The molecule has 3 nitrogen and oxygen atoms in total. The Morgan fingerprint density at radius 3 is 2.92 bits per heavy atom. The van der Waals surface area contributed by atoms with Gasteiger partial charge in [0.2, 0.25) is 0 Å². The molecule has 0 saturated heterocycles. The van der Waals surface area contributed by atoms with Gasteiger partial charge < -0.3 is 5.11 Å². The van der Waals surface area contributed by atoms with E-state index in [4.69, 9.17) is 5.11 Å². The van der Waals surface area contributed by atoms with Crippen molar-refractivity contribution < 1.29 is 9.90 Å². The largest absolute Gasteiger partial charge is 0.481 e. The average Bonchev–Trinajstić information content (AvgIpc) is 2.31. The van der Waals surface area contributed by atoms with Gasteiger partial charge in [-0.2, -0.15) is 0 Å². The summed E-state index contributed by atoms with van der Waals surface area (Å²) in [5.74, 6) is 0.180. The van der Waals surface area contributed by atoms with Crippen LogP contribution in [0.2, 0.25) is 0 Å². The van der Waals surface area contributed by atoms with Gasteiger partial charge in [-0.25, -0.2) is 4.98 Å². The highest BCUT2D eigenvalue weighted by Gasteiger charge is 2.10. The lowest BCUT2D eigenvalue weighted by molar-refractivity contribution is -0.136. The van der Waals surface area contributed by atoms with Gasteiger partial charge in [0, 0.05) is 4.88 Å². The molecule has 0 radical (unpaired) electrons. The minimum absolute atomic E-state index is 0.0910. The van der Waals surface area contributed by atoms with Crippen LogP contribution < -0.4 is 0 Å². The number of thioether (sulfide) groups is 1. The Morgan fingerprint density at radius 1 is 1.69 bits per heavy atom. The van der Waals surface area contributed by atoms with Gasteiger partial charge in [0.15, 0.2) is 0 Å². The van der Waals surface area contributed by atoms with Crippen molar-refractivity contribution in [1.29, 1.82) is 0 Å². The number of hydrogen-bond acceptors (Lipinski definition) is 4. The molecule has 0 aromatic carbocycles. The molecular formula is C8H11NO2S2. The maximum absolute atomic E-state index is 10.5. The molecule has 0 amide bonds. The third-order valence-corrected chi connectivity index (χ3v) is 3.64. The highest BCUT2D eigenvalue weighted by atomic mass is 32.2. The fraction of sp³-hybridized carbons (Fsp3) is 0.500. The van der Waals surface area contributed by atoms with Crippen LogP contribution in [-0.2, 0) is 11.2 Å². The zero-order chi connectivity index (χ0) is 9.84. The molecule has 1 heterocycles. The first kappa shape index (κ1) is 10.5. The molecule has 5 heteroatoms. The zero-order valence-corrected chi connectivity index (χ0v) is 9.17. The molecule has 0 unspecified atom stereocenters. The summed E-state index contributed by atoms with van der Waals surface area (Å²) in [7, 11) is 0. The first-order valence-electron chi connectivity index (χ1n) is 3.94. The Kier molecular flexibility index (Phi) is 3.74. The summed E-state index contributed by atoms with van der Waals surface area (Å²) in [6.45, 7) is 3.91. The maximum atomic E-state index is 10.5. The van der Waals surface area contributed by atoms with Crippen LogP contribution in [0.4, 0.5) is 0 Å². The van der Waals surface area contributed by atoms with Gasteiger partial charge in [-0.05, 0) is 12.7 Å². The summed E-state index contributed by atoms with van der Waals surface area (Å²) >= 11 is 3.14. The van der Waals surface area contributed by atoms with Crippen molar-refractivity contribution in [1.82, 2.24) is 4.98 Å². The van der Waals surface area contributed by atoms with Crippen LogP contribution in [0, 0.1) is 6.92 Å². The van der Waals surface area contributed by atoms with Gasteiger partial charge in [0.25, 0.3) is 0 Å². The van der Waals surface area contributed by atoms with E-state index >= 15 is 0 Å². The lowest BCUT2D eigenvalue weighted by Crippen LogP contribution is -1.99. The second-order valence-corrected chi connectivity index (χ2v) is 5.09. The molecule has 13 heavy (non-hydrogen) atoms. The molecule has 1 aromatic rings. The average molecular weight is 217 g/mol. The van der Waals surface area contributed by atoms with Crippen LogP contribution in [0.1, 0.15) is 17.5 Å². The van der Waals surface area contributed by atoms with E-state index in [0.29, 0.717) is 0 Å². The second-order valence-electron chi connectivity index (χ2n) is 2.49. The Labute approximate surface area is 85.2 Å². The van der Waals surface area contributed by atoms with Crippen molar-refractivity contribution >= 4 is 29.1 Å². The third-order valence-electron chi connectivity index (χ3n) is 1.45. The van der Waals surface area contributed by atoms with Gasteiger partial charge in [0.05, 0.1) is 12.1 Å². The predicted octanol–water partition coefficient (Wildman–Crippen LogP) is 2.19. The van der Waals surface area contributed by atoms with Crippen molar-refractivity contribution in [3.05, 3.63) is 10.6 Å². The van der Waals surface area contributed by atoms with E-state index in [1.165, 1.54) is 11.3 Å². The van der Waals surface area contributed by atoms with E-state index in [9.17, 15) is 4.79 Å². The van der Waals surface area contributed by atoms with Gasteiger partial charge in [-0.3, -0.25) is 4.79 Å². The summed E-state index contributed by atoms with van der Waals surface area (Å²) in [5, 5.41) is 8.60. The van der Waals surface area contributed by atoms with E-state index in [2.05, 4.69) is 11.9 Å². The SMILES string of the molecule is CCSc1nc(C)c(CC(=O)O)s1. The van der Waals surface area contributed by atoms with Crippen molar-refractivity contribution in [3.63, 3.8) is 0 Å². The molecule has 1 aromatic heterocycles. The Hall–Kier alpha value is -0.550. The molecule has 1 N–H and O–H groups in total. The summed E-state index contributed by atoms with van der Waals surface area (Å²) in [4.78, 5) is 15.6. The first-order chi connectivity index (χ1) is 6.13. The minimum atomic E-state index is -0.792. The Morgan fingerprint density at radius 2 is 2.38 bits per heavy atom. The smallest absolute Gasteiger partial charge is 0.308 e. The monoisotopic (exact) mass is 217 g/mol. The maximum Gasteiger partial charge on any atom is 0.308 e. The van der Waals surface area contributed by atoms with Gasteiger partial charge in [-0.1, -0.05) is 18.7 Å². The molecule has 0 aliphatic heterocycles. The molecule has 0 atom stereocenters. The number of thiazole rings is 1. The van der Waals surface area contributed by atoms with Crippen LogP contribution in [0.5, 0.6) is 0 Å². The number of carbonyl (C=O) groups is 1. The van der Waals surface area contributed by atoms with E-state index in [-0.39, 0.29) is 6.42 Å². The summed E-state index contributed by atoms with van der Waals surface area (Å²) in [5.41, 5.74) is 0.850. The quantitative estimate of drug-likeness (QED) is 0.785. The lowest BCUT2D eigenvalue weighted by Gasteiger charge is -1.89.